The van der Waals surface area contributed by atoms with Crippen LogP contribution in [0.15, 0.2) is 42.5 Å². The number of rotatable bonds is 6. The summed E-state index contributed by atoms with van der Waals surface area (Å²) in [5.41, 5.74) is 4.86. The second-order valence-corrected chi connectivity index (χ2v) is 6.56. The van der Waals surface area contributed by atoms with Gasteiger partial charge in [-0.2, -0.15) is 0 Å². The Balaban J connectivity index is 2.25. The van der Waals surface area contributed by atoms with Crippen molar-refractivity contribution in [2.24, 2.45) is 0 Å². The summed E-state index contributed by atoms with van der Waals surface area (Å²) in [6, 6.07) is 14.8. The molecule has 0 heterocycles. The molecule has 0 radical (unpaired) electrons. The Hall–Kier alpha value is -1.47. The van der Waals surface area contributed by atoms with Crippen molar-refractivity contribution in [2.75, 3.05) is 0 Å². The molecule has 2 aromatic rings. The van der Waals surface area contributed by atoms with Crippen molar-refractivity contribution in [2.45, 2.75) is 52.0 Å². The minimum Gasteiger partial charge on any atom is -0.489 e. The third-order valence-corrected chi connectivity index (χ3v) is 4.26. The zero-order valence-corrected chi connectivity index (χ0v) is 14.7. The van der Waals surface area contributed by atoms with E-state index in [0.717, 1.165) is 16.9 Å². The van der Waals surface area contributed by atoms with E-state index < -0.39 is 0 Å². The highest BCUT2D eigenvalue weighted by Gasteiger charge is 2.11. The second kappa shape index (κ2) is 7.69. The Kier molecular flexibility index (Phi) is 5.90. The molecule has 2 heteroatoms. The van der Waals surface area contributed by atoms with Gasteiger partial charge in [0, 0.05) is 5.88 Å². The first-order valence-corrected chi connectivity index (χ1v) is 8.45. The number of hydrogen-bond acceptors (Lipinski definition) is 1. The first-order chi connectivity index (χ1) is 10.5. The van der Waals surface area contributed by atoms with E-state index in [1.54, 1.807) is 0 Å². The van der Waals surface area contributed by atoms with Crippen LogP contribution < -0.4 is 4.74 Å². The lowest BCUT2D eigenvalue weighted by atomic mass is 9.96. The topological polar surface area (TPSA) is 9.23 Å². The number of hydrogen-bond donors (Lipinski definition) is 0. The van der Waals surface area contributed by atoms with Crippen LogP contribution in [0.5, 0.6) is 5.75 Å². The van der Waals surface area contributed by atoms with E-state index in [1.807, 2.05) is 12.1 Å². The molecule has 2 aromatic carbocycles. The van der Waals surface area contributed by atoms with Crippen molar-refractivity contribution >= 4 is 11.6 Å². The van der Waals surface area contributed by atoms with Gasteiger partial charge in [-0.15, -0.1) is 11.6 Å². The summed E-state index contributed by atoms with van der Waals surface area (Å²) in [4.78, 5) is 0. The molecule has 1 nitrogen and oxygen atoms in total. The van der Waals surface area contributed by atoms with Crippen molar-refractivity contribution in [3.63, 3.8) is 0 Å². The molecule has 0 bridgehead atoms. The Morgan fingerprint density at radius 2 is 1.59 bits per heavy atom. The molecule has 0 aromatic heterocycles. The molecule has 0 aliphatic rings. The highest BCUT2D eigenvalue weighted by atomic mass is 35.5. The number of benzene rings is 2. The predicted octanol–water partition coefficient (Wildman–Crippen LogP) is 6.25. The van der Waals surface area contributed by atoms with Crippen molar-refractivity contribution in [1.29, 1.82) is 0 Å². The maximum absolute atomic E-state index is 6.16. The van der Waals surface area contributed by atoms with E-state index in [9.17, 15) is 0 Å². The standard InChI is InChI=1S/C20H25ClO/c1-14(2)16-9-10-19(15(3)4)20(11-16)22-13-18-8-6-5-7-17(18)12-21/h5-11,14-15H,12-13H2,1-4H3. The average Bonchev–Trinajstić information content (AvgIpc) is 2.52. The largest absolute Gasteiger partial charge is 0.489 e. The van der Waals surface area contributed by atoms with E-state index in [1.165, 1.54) is 11.1 Å². The molecule has 0 amide bonds. The Labute approximate surface area is 139 Å². The van der Waals surface area contributed by atoms with Crippen LogP contribution in [-0.2, 0) is 12.5 Å². The lowest BCUT2D eigenvalue weighted by Gasteiger charge is -2.17. The third kappa shape index (κ3) is 4.04. The van der Waals surface area contributed by atoms with Crippen LogP contribution >= 0.6 is 11.6 Å². The molecular weight excluding hydrogens is 292 g/mol. The molecule has 0 spiro atoms. The van der Waals surface area contributed by atoms with Crippen molar-refractivity contribution < 1.29 is 4.74 Å². The Bertz CT molecular complexity index is 617. The smallest absolute Gasteiger partial charge is 0.123 e. The maximum atomic E-state index is 6.16. The fourth-order valence-electron chi connectivity index (χ4n) is 2.50. The van der Waals surface area contributed by atoms with E-state index in [0.29, 0.717) is 24.3 Å². The summed E-state index contributed by atoms with van der Waals surface area (Å²) in [5.74, 6) is 2.45. The second-order valence-electron chi connectivity index (χ2n) is 6.30. The minimum atomic E-state index is 0.444. The fraction of sp³-hybridized carbons (Fsp3) is 0.400. The summed E-state index contributed by atoms with van der Waals surface area (Å²) in [6.45, 7) is 9.37. The molecule has 0 atom stereocenters. The SMILES string of the molecule is CC(C)c1ccc(C(C)C)c(OCc2ccccc2CCl)c1. The Morgan fingerprint density at radius 1 is 0.909 bits per heavy atom. The van der Waals surface area contributed by atoms with Gasteiger partial charge in [0.15, 0.2) is 0 Å². The molecule has 0 N–H and O–H groups in total. The quantitative estimate of drug-likeness (QED) is 0.572. The molecule has 0 saturated heterocycles. The van der Waals surface area contributed by atoms with Gasteiger partial charge in [-0.3, -0.25) is 0 Å². The lowest BCUT2D eigenvalue weighted by Crippen LogP contribution is -2.03. The van der Waals surface area contributed by atoms with Crippen molar-refractivity contribution in [3.05, 3.63) is 64.7 Å². The van der Waals surface area contributed by atoms with E-state index >= 15 is 0 Å². The molecule has 0 fully saturated rings. The van der Waals surface area contributed by atoms with E-state index in [4.69, 9.17) is 16.3 Å². The molecule has 118 valence electrons. The third-order valence-electron chi connectivity index (χ3n) is 3.97. The van der Waals surface area contributed by atoms with Crippen LogP contribution in [0.3, 0.4) is 0 Å². The summed E-state index contributed by atoms with van der Waals surface area (Å²) in [6.07, 6.45) is 0. The molecule has 0 aliphatic carbocycles. The van der Waals surface area contributed by atoms with E-state index in [-0.39, 0.29) is 0 Å². The van der Waals surface area contributed by atoms with Gasteiger partial charge in [-0.1, -0.05) is 64.1 Å². The molecule has 2 rings (SSSR count). The van der Waals surface area contributed by atoms with Gasteiger partial charge in [0.05, 0.1) is 0 Å². The summed E-state index contributed by atoms with van der Waals surface area (Å²) in [7, 11) is 0. The zero-order chi connectivity index (χ0) is 16.1. The molecule has 0 unspecified atom stereocenters. The van der Waals surface area contributed by atoms with Crippen LogP contribution in [0.1, 0.15) is 61.8 Å². The van der Waals surface area contributed by atoms with Crippen LogP contribution in [-0.4, -0.2) is 0 Å². The number of ether oxygens (including phenoxy) is 1. The highest BCUT2D eigenvalue weighted by Crippen LogP contribution is 2.31. The van der Waals surface area contributed by atoms with Gasteiger partial charge in [-0.05, 0) is 40.2 Å². The van der Waals surface area contributed by atoms with Gasteiger partial charge in [0.25, 0.3) is 0 Å². The molecule has 0 aliphatic heterocycles. The number of halogens is 1. The molecular formula is C20H25ClO. The van der Waals surface area contributed by atoms with Gasteiger partial charge < -0.3 is 4.74 Å². The van der Waals surface area contributed by atoms with Crippen molar-refractivity contribution in [1.82, 2.24) is 0 Å². The van der Waals surface area contributed by atoms with Gasteiger partial charge in [0.1, 0.15) is 12.4 Å². The fourth-order valence-corrected chi connectivity index (χ4v) is 2.76. The number of alkyl halides is 1. The molecule has 0 saturated carbocycles. The summed E-state index contributed by atoms with van der Waals surface area (Å²) in [5, 5.41) is 0. The van der Waals surface area contributed by atoms with Crippen LogP contribution in [0, 0.1) is 0 Å². The maximum Gasteiger partial charge on any atom is 0.123 e. The average molecular weight is 317 g/mol. The van der Waals surface area contributed by atoms with Crippen LogP contribution in [0.4, 0.5) is 0 Å². The lowest BCUT2D eigenvalue weighted by molar-refractivity contribution is 0.300. The summed E-state index contributed by atoms with van der Waals surface area (Å²) >= 11 is 6.01. The van der Waals surface area contributed by atoms with Crippen LogP contribution in [0.25, 0.3) is 0 Å². The van der Waals surface area contributed by atoms with Gasteiger partial charge in [-0.25, -0.2) is 0 Å². The normalized spacial score (nSPS) is 11.2. The summed E-state index contributed by atoms with van der Waals surface area (Å²) < 4.78 is 6.16. The minimum absolute atomic E-state index is 0.444. The monoisotopic (exact) mass is 316 g/mol. The Morgan fingerprint density at radius 3 is 2.18 bits per heavy atom. The highest BCUT2D eigenvalue weighted by molar-refractivity contribution is 6.17. The van der Waals surface area contributed by atoms with Gasteiger partial charge in [0.2, 0.25) is 0 Å². The van der Waals surface area contributed by atoms with Crippen LogP contribution in [0.2, 0.25) is 0 Å². The van der Waals surface area contributed by atoms with Gasteiger partial charge >= 0.3 is 0 Å². The van der Waals surface area contributed by atoms with Crippen molar-refractivity contribution in [3.8, 4) is 5.75 Å². The first kappa shape index (κ1) is 16.9. The first-order valence-electron chi connectivity index (χ1n) is 7.92. The van der Waals surface area contributed by atoms with E-state index in [2.05, 4.69) is 58.0 Å². The molecule has 22 heavy (non-hydrogen) atoms. The predicted molar refractivity (Wildman–Crippen MR) is 95.0 cm³/mol. The zero-order valence-electron chi connectivity index (χ0n) is 13.9.